The molecule has 104 valence electrons. The number of hydrogen-bond donors (Lipinski definition) is 1. The highest BCUT2D eigenvalue weighted by molar-refractivity contribution is 4.89. The minimum absolute atomic E-state index is 0.0851. The molecule has 0 aliphatic heterocycles. The van der Waals surface area contributed by atoms with Crippen molar-refractivity contribution in [2.75, 3.05) is 13.2 Å². The minimum atomic E-state index is -0.0851. The Kier molecular flexibility index (Phi) is 8.06. The summed E-state index contributed by atoms with van der Waals surface area (Å²) in [5.41, 5.74) is -0.0851. The van der Waals surface area contributed by atoms with Crippen molar-refractivity contribution in [2.24, 2.45) is 11.8 Å². The molecule has 0 aromatic rings. The molecule has 0 spiro atoms. The fourth-order valence-corrected chi connectivity index (χ4v) is 2.77. The smallest absolute Gasteiger partial charge is 0.0781 e. The molecule has 0 fully saturated rings. The molecule has 1 N–H and O–H groups in total. The third-order valence-corrected chi connectivity index (χ3v) is 3.29. The van der Waals surface area contributed by atoms with E-state index in [0.29, 0.717) is 12.0 Å². The van der Waals surface area contributed by atoms with Crippen LogP contribution in [-0.4, -0.2) is 24.8 Å². The lowest BCUT2D eigenvalue weighted by Gasteiger charge is -2.39. The fraction of sp³-hybridized carbons (Fsp3) is 1.00. The first-order chi connectivity index (χ1) is 7.85. The van der Waals surface area contributed by atoms with Crippen LogP contribution in [0.1, 0.15) is 61.3 Å². The Morgan fingerprint density at radius 1 is 1.12 bits per heavy atom. The van der Waals surface area contributed by atoms with Gasteiger partial charge in [0.2, 0.25) is 0 Å². The van der Waals surface area contributed by atoms with Gasteiger partial charge < -0.3 is 10.1 Å². The zero-order valence-electron chi connectivity index (χ0n) is 13.0. The molecule has 2 unspecified atom stereocenters. The summed E-state index contributed by atoms with van der Waals surface area (Å²) >= 11 is 0. The molecule has 0 aromatic carbocycles. The summed E-state index contributed by atoms with van der Waals surface area (Å²) in [6.45, 7) is 17.5. The van der Waals surface area contributed by atoms with E-state index in [2.05, 4.69) is 53.8 Å². The van der Waals surface area contributed by atoms with Crippen LogP contribution in [0.25, 0.3) is 0 Å². The summed E-state index contributed by atoms with van der Waals surface area (Å²) in [4.78, 5) is 0. The summed E-state index contributed by atoms with van der Waals surface area (Å²) in [6, 6.07) is 0.435. The molecule has 0 heterocycles. The van der Waals surface area contributed by atoms with Crippen molar-refractivity contribution in [1.29, 1.82) is 0 Å². The van der Waals surface area contributed by atoms with E-state index >= 15 is 0 Å². The molecule has 0 saturated heterocycles. The van der Waals surface area contributed by atoms with E-state index in [1.165, 1.54) is 12.8 Å². The van der Waals surface area contributed by atoms with Gasteiger partial charge >= 0.3 is 0 Å². The maximum atomic E-state index is 5.93. The largest absolute Gasteiger partial charge is 0.374 e. The molecule has 2 heteroatoms. The predicted octanol–water partition coefficient (Wildman–Crippen LogP) is 3.85. The van der Waals surface area contributed by atoms with E-state index in [4.69, 9.17) is 4.74 Å². The minimum Gasteiger partial charge on any atom is -0.374 e. The average molecular weight is 243 g/mol. The number of hydrogen-bond acceptors (Lipinski definition) is 2. The summed E-state index contributed by atoms with van der Waals surface area (Å²) < 4.78 is 5.93. The maximum absolute atomic E-state index is 5.93. The Bertz CT molecular complexity index is 189. The zero-order chi connectivity index (χ0) is 13.5. The van der Waals surface area contributed by atoms with E-state index in [1.54, 1.807) is 0 Å². The third-order valence-electron chi connectivity index (χ3n) is 3.29. The normalized spacial score (nSPS) is 16.2. The van der Waals surface area contributed by atoms with E-state index in [-0.39, 0.29) is 5.60 Å². The molecule has 0 bridgehead atoms. The SMILES string of the molecule is CCCNC(C(C)CC(C)C)C(C)(C)OCC. The van der Waals surface area contributed by atoms with Gasteiger partial charge in [-0.25, -0.2) is 0 Å². The zero-order valence-corrected chi connectivity index (χ0v) is 13.0. The molecule has 0 aliphatic rings. The highest BCUT2D eigenvalue weighted by Crippen LogP contribution is 2.26. The first kappa shape index (κ1) is 16.9. The molecule has 2 atom stereocenters. The Balaban J connectivity index is 4.60. The standard InChI is InChI=1S/C15H33NO/c1-8-10-16-14(13(5)11-12(3)4)15(6,7)17-9-2/h12-14,16H,8-11H2,1-7H3. The molecule has 0 saturated carbocycles. The quantitative estimate of drug-likeness (QED) is 0.664. The molecule has 0 aliphatic carbocycles. The van der Waals surface area contributed by atoms with Crippen LogP contribution in [0, 0.1) is 11.8 Å². The van der Waals surface area contributed by atoms with Crippen LogP contribution in [0.3, 0.4) is 0 Å². The fourth-order valence-electron chi connectivity index (χ4n) is 2.77. The summed E-state index contributed by atoms with van der Waals surface area (Å²) in [5, 5.41) is 3.67. The van der Waals surface area contributed by atoms with Gasteiger partial charge in [-0.3, -0.25) is 0 Å². The van der Waals surface area contributed by atoms with Gasteiger partial charge in [0.15, 0.2) is 0 Å². The van der Waals surface area contributed by atoms with Crippen molar-refractivity contribution in [3.05, 3.63) is 0 Å². The van der Waals surface area contributed by atoms with Gasteiger partial charge in [0.25, 0.3) is 0 Å². The van der Waals surface area contributed by atoms with Gasteiger partial charge in [0.05, 0.1) is 5.60 Å². The van der Waals surface area contributed by atoms with Gasteiger partial charge in [-0.2, -0.15) is 0 Å². The Morgan fingerprint density at radius 3 is 2.12 bits per heavy atom. The van der Waals surface area contributed by atoms with Crippen LogP contribution < -0.4 is 5.32 Å². The number of ether oxygens (including phenoxy) is 1. The van der Waals surface area contributed by atoms with Crippen LogP contribution >= 0.6 is 0 Å². The Morgan fingerprint density at radius 2 is 1.71 bits per heavy atom. The predicted molar refractivity (Wildman–Crippen MR) is 76.4 cm³/mol. The first-order valence-electron chi connectivity index (χ1n) is 7.22. The Labute approximate surface area is 109 Å². The second-order valence-electron chi connectivity index (χ2n) is 6.08. The monoisotopic (exact) mass is 243 g/mol. The molecule has 0 rings (SSSR count). The van der Waals surface area contributed by atoms with Crippen molar-refractivity contribution in [3.8, 4) is 0 Å². The molecule has 0 aromatic heterocycles. The van der Waals surface area contributed by atoms with Crippen molar-refractivity contribution in [2.45, 2.75) is 73.0 Å². The van der Waals surface area contributed by atoms with Crippen LogP contribution in [0.5, 0.6) is 0 Å². The molecule has 2 nitrogen and oxygen atoms in total. The van der Waals surface area contributed by atoms with Crippen molar-refractivity contribution < 1.29 is 4.74 Å². The van der Waals surface area contributed by atoms with Crippen molar-refractivity contribution >= 4 is 0 Å². The number of rotatable bonds is 9. The highest BCUT2D eigenvalue weighted by atomic mass is 16.5. The average Bonchev–Trinajstić information content (AvgIpc) is 2.16. The molecule has 0 radical (unpaired) electrons. The second-order valence-corrected chi connectivity index (χ2v) is 6.08. The lowest BCUT2D eigenvalue weighted by atomic mass is 9.83. The number of nitrogens with one attached hydrogen (secondary N) is 1. The van der Waals surface area contributed by atoms with Crippen LogP contribution in [0.15, 0.2) is 0 Å². The summed E-state index contributed by atoms with van der Waals surface area (Å²) in [6.07, 6.45) is 2.42. The molecule has 0 amide bonds. The van der Waals surface area contributed by atoms with Crippen LogP contribution in [0.2, 0.25) is 0 Å². The Hall–Kier alpha value is -0.0800. The van der Waals surface area contributed by atoms with E-state index < -0.39 is 0 Å². The lowest BCUT2D eigenvalue weighted by Crippen LogP contribution is -2.52. The molecular formula is C15H33NO. The van der Waals surface area contributed by atoms with Gasteiger partial charge in [-0.15, -0.1) is 0 Å². The molecule has 17 heavy (non-hydrogen) atoms. The van der Waals surface area contributed by atoms with E-state index in [1.807, 2.05) is 0 Å². The molecular weight excluding hydrogens is 210 g/mol. The topological polar surface area (TPSA) is 21.3 Å². The van der Waals surface area contributed by atoms with Gasteiger partial charge in [-0.1, -0.05) is 27.7 Å². The third kappa shape index (κ3) is 6.42. The van der Waals surface area contributed by atoms with Crippen LogP contribution in [0.4, 0.5) is 0 Å². The second kappa shape index (κ2) is 8.10. The first-order valence-corrected chi connectivity index (χ1v) is 7.22. The van der Waals surface area contributed by atoms with Gasteiger partial charge in [-0.05, 0) is 52.0 Å². The van der Waals surface area contributed by atoms with E-state index in [9.17, 15) is 0 Å². The van der Waals surface area contributed by atoms with Crippen molar-refractivity contribution in [3.63, 3.8) is 0 Å². The lowest BCUT2D eigenvalue weighted by molar-refractivity contribution is -0.0530. The van der Waals surface area contributed by atoms with Gasteiger partial charge in [0.1, 0.15) is 0 Å². The van der Waals surface area contributed by atoms with Crippen molar-refractivity contribution in [1.82, 2.24) is 5.32 Å². The summed E-state index contributed by atoms with van der Waals surface area (Å²) in [5.74, 6) is 1.39. The highest BCUT2D eigenvalue weighted by Gasteiger charge is 2.33. The van der Waals surface area contributed by atoms with E-state index in [0.717, 1.165) is 19.1 Å². The van der Waals surface area contributed by atoms with Crippen LogP contribution in [-0.2, 0) is 4.74 Å². The maximum Gasteiger partial charge on any atom is 0.0781 e. The summed E-state index contributed by atoms with van der Waals surface area (Å²) in [7, 11) is 0. The van der Waals surface area contributed by atoms with Gasteiger partial charge in [0, 0.05) is 12.6 Å².